The SMILES string of the molecule is CCC(C)CNC(=O)NC1(C(=O)O)CCCCC1. The first-order valence-corrected chi connectivity index (χ1v) is 6.79. The summed E-state index contributed by atoms with van der Waals surface area (Å²) in [7, 11) is 0. The van der Waals surface area contributed by atoms with Gasteiger partial charge in [-0.05, 0) is 18.8 Å². The number of urea groups is 1. The van der Waals surface area contributed by atoms with Gasteiger partial charge in [-0.3, -0.25) is 0 Å². The van der Waals surface area contributed by atoms with Crippen molar-refractivity contribution < 1.29 is 14.7 Å². The molecule has 2 amide bonds. The maximum atomic E-state index is 11.8. The molecule has 104 valence electrons. The minimum Gasteiger partial charge on any atom is -0.480 e. The van der Waals surface area contributed by atoms with E-state index in [1.54, 1.807) is 0 Å². The van der Waals surface area contributed by atoms with Crippen LogP contribution in [0.4, 0.5) is 4.79 Å². The molecular formula is C13H24N2O3. The summed E-state index contributed by atoms with van der Waals surface area (Å²) in [6.45, 7) is 4.69. The quantitative estimate of drug-likeness (QED) is 0.705. The molecule has 0 aliphatic heterocycles. The van der Waals surface area contributed by atoms with E-state index in [9.17, 15) is 14.7 Å². The largest absolute Gasteiger partial charge is 0.480 e. The van der Waals surface area contributed by atoms with Crippen LogP contribution in [0, 0.1) is 5.92 Å². The molecule has 1 atom stereocenters. The summed E-state index contributed by atoms with van der Waals surface area (Å²) >= 11 is 0. The van der Waals surface area contributed by atoms with Gasteiger partial charge in [0.15, 0.2) is 0 Å². The van der Waals surface area contributed by atoms with Crippen molar-refractivity contribution >= 4 is 12.0 Å². The maximum Gasteiger partial charge on any atom is 0.329 e. The molecule has 0 bridgehead atoms. The van der Waals surface area contributed by atoms with Crippen LogP contribution in [0.5, 0.6) is 0 Å². The number of carboxylic acids is 1. The molecule has 18 heavy (non-hydrogen) atoms. The van der Waals surface area contributed by atoms with Crippen molar-refractivity contribution in [1.82, 2.24) is 10.6 Å². The van der Waals surface area contributed by atoms with Crippen LogP contribution in [0.1, 0.15) is 52.4 Å². The summed E-state index contributed by atoms with van der Waals surface area (Å²) in [5.74, 6) is -0.510. The molecule has 0 aromatic carbocycles. The minimum atomic E-state index is -1.06. The average molecular weight is 256 g/mol. The maximum absolute atomic E-state index is 11.8. The van der Waals surface area contributed by atoms with Gasteiger partial charge < -0.3 is 15.7 Å². The van der Waals surface area contributed by atoms with Crippen molar-refractivity contribution in [3.63, 3.8) is 0 Å². The van der Waals surface area contributed by atoms with E-state index in [2.05, 4.69) is 17.6 Å². The molecular weight excluding hydrogens is 232 g/mol. The summed E-state index contributed by atoms with van der Waals surface area (Å²) in [5, 5.41) is 14.7. The number of hydrogen-bond acceptors (Lipinski definition) is 2. The third kappa shape index (κ3) is 3.89. The molecule has 5 nitrogen and oxygen atoms in total. The van der Waals surface area contributed by atoms with Crippen LogP contribution in [0.2, 0.25) is 0 Å². The summed E-state index contributed by atoms with van der Waals surface area (Å²) < 4.78 is 0. The fourth-order valence-corrected chi connectivity index (χ4v) is 2.22. The van der Waals surface area contributed by atoms with Crippen LogP contribution >= 0.6 is 0 Å². The molecule has 0 aromatic heterocycles. The van der Waals surface area contributed by atoms with E-state index in [0.717, 1.165) is 25.7 Å². The van der Waals surface area contributed by atoms with Crippen molar-refractivity contribution in [1.29, 1.82) is 0 Å². The summed E-state index contributed by atoms with van der Waals surface area (Å²) in [6.07, 6.45) is 4.81. The van der Waals surface area contributed by atoms with Crippen LogP contribution in [0.25, 0.3) is 0 Å². The Balaban J connectivity index is 2.50. The van der Waals surface area contributed by atoms with Crippen LogP contribution in [0.15, 0.2) is 0 Å². The van der Waals surface area contributed by atoms with Crippen molar-refractivity contribution in [2.45, 2.75) is 57.9 Å². The number of aliphatic carboxylic acids is 1. The second kappa shape index (κ2) is 6.61. The molecule has 3 N–H and O–H groups in total. The molecule has 1 saturated carbocycles. The van der Waals surface area contributed by atoms with E-state index in [4.69, 9.17) is 0 Å². The van der Waals surface area contributed by atoms with Crippen molar-refractivity contribution in [2.24, 2.45) is 5.92 Å². The lowest BCUT2D eigenvalue weighted by molar-refractivity contribution is -0.145. The number of carboxylic acid groups (broad SMARTS) is 1. The third-order valence-electron chi connectivity index (χ3n) is 3.78. The predicted octanol–water partition coefficient (Wildman–Crippen LogP) is 2.12. The lowest BCUT2D eigenvalue weighted by atomic mass is 9.82. The van der Waals surface area contributed by atoms with E-state index in [1.165, 1.54) is 0 Å². The van der Waals surface area contributed by atoms with Gasteiger partial charge in [0.25, 0.3) is 0 Å². The van der Waals surface area contributed by atoms with Crippen LogP contribution < -0.4 is 10.6 Å². The Morgan fingerprint density at radius 3 is 2.39 bits per heavy atom. The highest BCUT2D eigenvalue weighted by Gasteiger charge is 2.40. The minimum absolute atomic E-state index is 0.361. The van der Waals surface area contributed by atoms with Gasteiger partial charge in [0, 0.05) is 6.54 Å². The second-order valence-electron chi connectivity index (χ2n) is 5.30. The van der Waals surface area contributed by atoms with Gasteiger partial charge in [-0.25, -0.2) is 9.59 Å². The first-order valence-electron chi connectivity index (χ1n) is 6.79. The number of rotatable bonds is 5. The van der Waals surface area contributed by atoms with Gasteiger partial charge in [-0.15, -0.1) is 0 Å². The van der Waals surface area contributed by atoms with E-state index in [1.807, 2.05) is 6.92 Å². The number of amides is 2. The number of carbonyl (C=O) groups excluding carboxylic acids is 1. The lowest BCUT2D eigenvalue weighted by Crippen LogP contribution is -2.58. The number of carbonyl (C=O) groups is 2. The molecule has 1 unspecified atom stereocenters. The van der Waals surface area contributed by atoms with Crippen LogP contribution in [-0.2, 0) is 4.79 Å². The number of nitrogens with one attached hydrogen (secondary N) is 2. The van der Waals surface area contributed by atoms with Crippen LogP contribution in [0.3, 0.4) is 0 Å². The summed E-state index contributed by atoms with van der Waals surface area (Å²) in [5.41, 5.74) is -1.06. The van der Waals surface area contributed by atoms with Crippen LogP contribution in [-0.4, -0.2) is 29.2 Å². The molecule has 5 heteroatoms. The highest BCUT2D eigenvalue weighted by Crippen LogP contribution is 2.28. The molecule has 1 fully saturated rings. The topological polar surface area (TPSA) is 78.4 Å². The molecule has 0 saturated heterocycles. The molecule has 0 radical (unpaired) electrons. The van der Waals surface area contributed by atoms with Gasteiger partial charge in [0.2, 0.25) is 0 Å². The Hall–Kier alpha value is -1.26. The average Bonchev–Trinajstić information content (AvgIpc) is 2.36. The molecule has 1 aliphatic rings. The van der Waals surface area contributed by atoms with Gasteiger partial charge in [0.1, 0.15) is 5.54 Å². The van der Waals surface area contributed by atoms with Gasteiger partial charge in [0.05, 0.1) is 0 Å². The molecule has 1 aliphatic carbocycles. The zero-order chi connectivity index (χ0) is 13.6. The first-order chi connectivity index (χ1) is 8.50. The molecule has 1 rings (SSSR count). The van der Waals surface area contributed by atoms with Crippen molar-refractivity contribution in [2.75, 3.05) is 6.54 Å². The fourth-order valence-electron chi connectivity index (χ4n) is 2.22. The van der Waals surface area contributed by atoms with E-state index >= 15 is 0 Å². The highest BCUT2D eigenvalue weighted by molar-refractivity contribution is 5.86. The molecule has 0 aromatic rings. The Bertz CT molecular complexity index is 299. The van der Waals surface area contributed by atoms with Gasteiger partial charge in [-0.2, -0.15) is 0 Å². The van der Waals surface area contributed by atoms with Gasteiger partial charge >= 0.3 is 12.0 Å². The Labute approximate surface area is 108 Å². The summed E-state index contributed by atoms with van der Waals surface area (Å²) in [4.78, 5) is 23.1. The van der Waals surface area contributed by atoms with E-state index < -0.39 is 11.5 Å². The third-order valence-corrected chi connectivity index (χ3v) is 3.78. The van der Waals surface area contributed by atoms with Crippen molar-refractivity contribution in [3.05, 3.63) is 0 Å². The zero-order valence-electron chi connectivity index (χ0n) is 11.3. The Morgan fingerprint density at radius 1 is 1.28 bits per heavy atom. The van der Waals surface area contributed by atoms with Crippen molar-refractivity contribution in [3.8, 4) is 0 Å². The van der Waals surface area contributed by atoms with E-state index in [0.29, 0.717) is 25.3 Å². The Kier molecular flexibility index (Phi) is 5.44. The smallest absolute Gasteiger partial charge is 0.329 e. The Morgan fingerprint density at radius 2 is 1.89 bits per heavy atom. The van der Waals surface area contributed by atoms with E-state index in [-0.39, 0.29) is 6.03 Å². The lowest BCUT2D eigenvalue weighted by Gasteiger charge is -2.34. The van der Waals surface area contributed by atoms with Gasteiger partial charge in [-0.1, -0.05) is 39.5 Å². The second-order valence-corrected chi connectivity index (χ2v) is 5.30. The summed E-state index contributed by atoms with van der Waals surface area (Å²) in [6, 6.07) is -0.361. The fraction of sp³-hybridized carbons (Fsp3) is 0.846. The monoisotopic (exact) mass is 256 g/mol. The molecule has 0 spiro atoms. The number of hydrogen-bond donors (Lipinski definition) is 3. The standard InChI is InChI=1S/C13H24N2O3/c1-3-10(2)9-14-12(18)15-13(11(16)17)7-5-4-6-8-13/h10H,3-9H2,1-2H3,(H,16,17)(H2,14,15,18). The first kappa shape index (κ1) is 14.8. The zero-order valence-corrected chi connectivity index (χ0v) is 11.3. The predicted molar refractivity (Wildman–Crippen MR) is 69.4 cm³/mol. The normalized spacial score (nSPS) is 19.9. The molecule has 0 heterocycles. The highest BCUT2D eigenvalue weighted by atomic mass is 16.4.